The van der Waals surface area contributed by atoms with Gasteiger partial charge in [-0.15, -0.1) is 0 Å². The largest absolute Gasteiger partial charge is 0.460 e. The van der Waals surface area contributed by atoms with Gasteiger partial charge in [0.15, 0.2) is 12.6 Å². The first-order chi connectivity index (χ1) is 27.7. The van der Waals surface area contributed by atoms with Gasteiger partial charge in [-0.05, 0) is 122 Å². The summed E-state index contributed by atoms with van der Waals surface area (Å²) in [5, 5.41) is 53.2. The summed E-state index contributed by atoms with van der Waals surface area (Å²) in [7, 11) is 0. The van der Waals surface area contributed by atoms with Crippen LogP contribution in [0.5, 0.6) is 0 Å². The summed E-state index contributed by atoms with van der Waals surface area (Å²) in [6.45, 7) is 18.7. The third-order valence-corrected chi connectivity index (χ3v) is 18.0. The van der Waals surface area contributed by atoms with Crippen molar-refractivity contribution < 1.29 is 54.0 Å². The molecule has 2 heterocycles. The highest BCUT2D eigenvalue weighted by atomic mass is 16.8. The second-order valence-electron chi connectivity index (χ2n) is 22.0. The van der Waals surface area contributed by atoms with Crippen LogP contribution in [0.25, 0.3) is 0 Å². The molecule has 7 aliphatic rings. The number of ether oxygens (including phenoxy) is 5. The molecule has 0 spiro atoms. The number of hydrogen-bond acceptors (Lipinski definition) is 11. The Morgan fingerprint density at radius 2 is 1.49 bits per heavy atom. The molecule has 5 N–H and O–H groups in total. The molecule has 0 aromatic heterocycles. The molecule has 11 nitrogen and oxygen atoms in total. The van der Waals surface area contributed by atoms with E-state index in [1.807, 2.05) is 30.3 Å². The predicted octanol–water partition coefficient (Wildman–Crippen LogP) is 6.21. The Morgan fingerprint density at radius 3 is 2.22 bits per heavy atom. The molecule has 1 aromatic carbocycles. The second-order valence-corrected chi connectivity index (χ2v) is 22.0. The van der Waals surface area contributed by atoms with Crippen LogP contribution in [0.15, 0.2) is 42.0 Å². The van der Waals surface area contributed by atoms with Crippen LogP contribution < -0.4 is 0 Å². The van der Waals surface area contributed by atoms with Gasteiger partial charge in [0.25, 0.3) is 0 Å². The fourth-order valence-corrected chi connectivity index (χ4v) is 14.2. The minimum atomic E-state index is -1.58. The van der Waals surface area contributed by atoms with Gasteiger partial charge >= 0.3 is 5.97 Å². The number of hydrogen-bond donors (Lipinski definition) is 5. The van der Waals surface area contributed by atoms with Crippen molar-refractivity contribution in [1.29, 1.82) is 0 Å². The van der Waals surface area contributed by atoms with Gasteiger partial charge in [-0.2, -0.15) is 0 Å². The maximum atomic E-state index is 14.4. The molecular weight excluding hydrogens is 753 g/mol. The van der Waals surface area contributed by atoms with Gasteiger partial charge in [0.1, 0.15) is 43.2 Å². The number of allylic oxidation sites excluding steroid dienone is 2. The van der Waals surface area contributed by atoms with E-state index in [1.54, 1.807) is 6.92 Å². The van der Waals surface area contributed by atoms with Gasteiger partial charge in [-0.1, -0.05) is 90.4 Å². The van der Waals surface area contributed by atoms with Crippen molar-refractivity contribution in [1.82, 2.24) is 0 Å². The fourth-order valence-electron chi connectivity index (χ4n) is 14.2. The molecule has 17 atom stereocenters. The van der Waals surface area contributed by atoms with Crippen LogP contribution in [0.3, 0.4) is 0 Å². The number of carbonyl (C=O) groups excluding carboxylic acids is 1. The molecule has 8 rings (SSSR count). The van der Waals surface area contributed by atoms with E-state index in [4.69, 9.17) is 23.7 Å². The molecule has 12 unspecified atom stereocenters. The molecule has 0 radical (unpaired) electrons. The third kappa shape index (κ3) is 7.00. The zero-order valence-electron chi connectivity index (χ0n) is 36.6. The Labute approximate surface area is 351 Å². The number of carbonyl (C=O) groups is 1. The van der Waals surface area contributed by atoms with Gasteiger partial charge in [0.2, 0.25) is 0 Å². The molecule has 5 aliphatic carbocycles. The lowest BCUT2D eigenvalue weighted by atomic mass is 9.33. The Kier molecular flexibility index (Phi) is 11.4. The van der Waals surface area contributed by atoms with Gasteiger partial charge in [0.05, 0.1) is 24.2 Å². The highest BCUT2D eigenvalue weighted by molar-refractivity contribution is 5.79. The standard InChI is InChI=1S/C48H72O11/c1-27-35(50)37(52)38(53)40(57-27)59-39-36(51)31(49)26-55-41(39)58-34-17-18-45(6)32(44(34,4)5)16-19-47(8)33(45)15-14-29-30-24-43(2,3)20-22-48(30,23-21-46(29,47)7)42(54)56-25-28-12-10-9-11-13-28/h9-14,27,30-41,49-53H,15-26H2,1-8H3/t27?,30?,31?,32?,33?,34-,35?,36?,37?,38?,39?,40?,41?,45-,46+,47+,48-/m0/s1. The molecule has 0 bridgehead atoms. The lowest BCUT2D eigenvalue weighted by Gasteiger charge is -2.71. The maximum absolute atomic E-state index is 14.4. The van der Waals surface area contributed by atoms with Crippen molar-refractivity contribution in [2.75, 3.05) is 6.61 Å². The Bertz CT molecular complexity index is 1730. The average Bonchev–Trinajstić information content (AvgIpc) is 3.19. The van der Waals surface area contributed by atoms with Crippen LogP contribution in [-0.4, -0.2) is 99.5 Å². The number of fused-ring (bicyclic) bond motifs is 7. The smallest absolute Gasteiger partial charge is 0.313 e. The van der Waals surface area contributed by atoms with Gasteiger partial charge in [0, 0.05) is 0 Å². The summed E-state index contributed by atoms with van der Waals surface area (Å²) in [4.78, 5) is 14.4. The van der Waals surface area contributed by atoms with E-state index in [1.165, 1.54) is 5.57 Å². The molecule has 59 heavy (non-hydrogen) atoms. The topological polar surface area (TPSA) is 164 Å². The lowest BCUT2D eigenvalue weighted by Crippen LogP contribution is -2.66. The summed E-state index contributed by atoms with van der Waals surface area (Å²) < 4.78 is 30.9. The van der Waals surface area contributed by atoms with Crippen LogP contribution in [0.2, 0.25) is 0 Å². The van der Waals surface area contributed by atoms with Crippen molar-refractivity contribution in [3.05, 3.63) is 47.5 Å². The first kappa shape index (κ1) is 43.7. The number of benzene rings is 1. The fraction of sp³-hybridized carbons (Fsp3) is 0.812. The maximum Gasteiger partial charge on any atom is 0.313 e. The van der Waals surface area contributed by atoms with Crippen molar-refractivity contribution >= 4 is 5.97 Å². The Balaban J connectivity index is 1.03. The van der Waals surface area contributed by atoms with Crippen molar-refractivity contribution in [3.63, 3.8) is 0 Å². The van der Waals surface area contributed by atoms with E-state index >= 15 is 0 Å². The zero-order chi connectivity index (χ0) is 42.5. The highest BCUT2D eigenvalue weighted by Gasteiger charge is 2.70. The number of aliphatic hydroxyl groups is 5. The molecular formula is C48H72O11. The van der Waals surface area contributed by atoms with E-state index in [2.05, 4.69) is 54.5 Å². The van der Waals surface area contributed by atoms with E-state index in [9.17, 15) is 30.3 Å². The monoisotopic (exact) mass is 825 g/mol. The summed E-state index contributed by atoms with van der Waals surface area (Å²) in [5.74, 6) is 0.907. The molecule has 11 heteroatoms. The molecule has 6 fully saturated rings. The normalized spacial score (nSPS) is 49.0. The summed E-state index contributed by atoms with van der Waals surface area (Å²) >= 11 is 0. The molecule has 0 amide bonds. The zero-order valence-corrected chi connectivity index (χ0v) is 36.6. The van der Waals surface area contributed by atoms with Crippen LogP contribution in [-0.2, 0) is 35.1 Å². The summed E-state index contributed by atoms with van der Waals surface area (Å²) in [6, 6.07) is 10.0. The van der Waals surface area contributed by atoms with E-state index in [0.717, 1.165) is 69.8 Å². The molecule has 1 aromatic rings. The first-order valence-corrected chi connectivity index (χ1v) is 22.6. The quantitative estimate of drug-likeness (QED) is 0.121. The molecule has 2 aliphatic heterocycles. The SMILES string of the molecule is CC1OC(OC2C(O[C@H]3CC[C@@]4(C)C(CC[C@]5(C)C4CC=C4C6CC(C)(C)CC[C@]6(C(=O)OCc6ccccc6)CC[C@]45C)C3(C)C)OCC(O)C2O)C(O)C(O)C1O. The van der Waals surface area contributed by atoms with E-state index in [0.29, 0.717) is 18.4 Å². The van der Waals surface area contributed by atoms with Crippen LogP contribution >= 0.6 is 0 Å². The highest BCUT2D eigenvalue weighted by Crippen LogP contribution is 2.76. The number of esters is 1. The van der Waals surface area contributed by atoms with Crippen LogP contribution in [0.1, 0.15) is 125 Å². The Morgan fingerprint density at radius 1 is 0.780 bits per heavy atom. The molecule has 330 valence electrons. The predicted molar refractivity (Wildman–Crippen MR) is 219 cm³/mol. The third-order valence-electron chi connectivity index (χ3n) is 18.0. The number of aliphatic hydroxyl groups excluding tert-OH is 5. The lowest BCUT2D eigenvalue weighted by molar-refractivity contribution is -0.364. The van der Waals surface area contributed by atoms with Crippen molar-refractivity contribution in [2.24, 2.45) is 50.2 Å². The van der Waals surface area contributed by atoms with E-state index < -0.39 is 60.7 Å². The van der Waals surface area contributed by atoms with E-state index in [-0.39, 0.29) is 51.7 Å². The van der Waals surface area contributed by atoms with Crippen LogP contribution in [0.4, 0.5) is 0 Å². The first-order valence-electron chi connectivity index (χ1n) is 22.6. The number of rotatable bonds is 7. The Hall–Kier alpha value is -1.93. The van der Waals surface area contributed by atoms with Gasteiger partial charge in [-0.3, -0.25) is 4.79 Å². The van der Waals surface area contributed by atoms with Gasteiger partial charge < -0.3 is 49.2 Å². The average molecular weight is 825 g/mol. The van der Waals surface area contributed by atoms with Crippen molar-refractivity contribution in [2.45, 2.75) is 188 Å². The van der Waals surface area contributed by atoms with Gasteiger partial charge in [-0.25, -0.2) is 0 Å². The summed E-state index contributed by atoms with van der Waals surface area (Å²) in [5.41, 5.74) is 1.89. The molecule has 4 saturated carbocycles. The second kappa shape index (κ2) is 15.4. The summed E-state index contributed by atoms with van der Waals surface area (Å²) in [6.07, 6.45) is 0.318. The van der Waals surface area contributed by atoms with Crippen LogP contribution in [0, 0.1) is 50.2 Å². The minimum Gasteiger partial charge on any atom is -0.460 e. The minimum absolute atomic E-state index is 0.0159. The van der Waals surface area contributed by atoms with Crippen molar-refractivity contribution in [3.8, 4) is 0 Å². The molecule has 2 saturated heterocycles.